The average Bonchev–Trinajstić information content (AvgIpc) is 3.30. The van der Waals surface area contributed by atoms with E-state index >= 15 is 0 Å². The summed E-state index contributed by atoms with van der Waals surface area (Å²) in [6.45, 7) is 1.34. The molecule has 3 atom stereocenters. The van der Waals surface area contributed by atoms with Gasteiger partial charge in [-0.15, -0.1) is 0 Å². The van der Waals surface area contributed by atoms with Crippen LogP contribution in [0.25, 0.3) is 0 Å². The normalized spacial score (nSPS) is 29.4. The predicted octanol–water partition coefficient (Wildman–Crippen LogP) is 2.73. The lowest BCUT2D eigenvalue weighted by Gasteiger charge is -2.36. The predicted molar refractivity (Wildman–Crippen MR) is 93.5 cm³/mol. The molecule has 0 bridgehead atoms. The zero-order valence-corrected chi connectivity index (χ0v) is 14.6. The van der Waals surface area contributed by atoms with E-state index in [1.165, 1.54) is 12.8 Å². The Bertz CT molecular complexity index is 577. The van der Waals surface area contributed by atoms with E-state index < -0.39 is 0 Å². The van der Waals surface area contributed by atoms with E-state index in [4.69, 9.17) is 9.47 Å². The molecule has 136 valence electrons. The second kappa shape index (κ2) is 7.60. The van der Waals surface area contributed by atoms with Crippen molar-refractivity contribution in [3.8, 4) is 5.75 Å². The van der Waals surface area contributed by atoms with Crippen LogP contribution in [0.4, 0.5) is 4.79 Å². The number of carbonyl (C=O) groups is 1. The molecular formula is C19H27N3O3. The number of rotatable bonds is 4. The number of urea groups is 1. The number of amides is 2. The Kier molecular flexibility index (Phi) is 5.06. The highest BCUT2D eigenvalue weighted by atomic mass is 16.5. The molecule has 2 saturated heterocycles. The topological polar surface area (TPSA) is 63.7 Å². The SMILES string of the molecule is O=C(NC1CCCC1)N1CC[C@@H]2O[C@H](COc3cccnc3)CC[C@@H]21. The first-order chi connectivity index (χ1) is 12.3. The molecule has 4 rings (SSSR count). The standard InChI is InChI=1S/C19H27N3O3/c23-19(21-14-4-1-2-5-14)22-11-9-18-17(22)8-7-16(25-18)13-24-15-6-3-10-20-12-15/h3,6,10,12,14,16-18H,1-2,4-5,7-9,11,13H2,(H,21,23)/t16-,17-,18-/m0/s1. The Labute approximate surface area is 148 Å². The minimum Gasteiger partial charge on any atom is -0.489 e. The van der Waals surface area contributed by atoms with Crippen molar-refractivity contribution in [3.63, 3.8) is 0 Å². The molecule has 6 heteroatoms. The average molecular weight is 345 g/mol. The summed E-state index contributed by atoms with van der Waals surface area (Å²) in [7, 11) is 0. The zero-order chi connectivity index (χ0) is 17.1. The van der Waals surface area contributed by atoms with Crippen molar-refractivity contribution < 1.29 is 14.3 Å². The van der Waals surface area contributed by atoms with Crippen LogP contribution in [0.3, 0.4) is 0 Å². The molecule has 2 aliphatic heterocycles. The van der Waals surface area contributed by atoms with Crippen LogP contribution in [0.1, 0.15) is 44.9 Å². The molecule has 0 spiro atoms. The van der Waals surface area contributed by atoms with Gasteiger partial charge in [0, 0.05) is 18.8 Å². The molecule has 1 N–H and O–H groups in total. The molecule has 6 nitrogen and oxygen atoms in total. The van der Waals surface area contributed by atoms with Crippen molar-refractivity contribution in [2.45, 2.75) is 69.2 Å². The number of pyridine rings is 1. The first-order valence-electron chi connectivity index (χ1n) is 9.55. The molecule has 3 aliphatic rings. The van der Waals surface area contributed by atoms with Crippen LogP contribution in [0.15, 0.2) is 24.5 Å². The van der Waals surface area contributed by atoms with Crippen LogP contribution in [0, 0.1) is 0 Å². The van der Waals surface area contributed by atoms with Gasteiger partial charge in [0.25, 0.3) is 0 Å². The van der Waals surface area contributed by atoms with E-state index in [1.54, 1.807) is 12.4 Å². The molecule has 25 heavy (non-hydrogen) atoms. The van der Waals surface area contributed by atoms with Gasteiger partial charge in [-0.1, -0.05) is 12.8 Å². The smallest absolute Gasteiger partial charge is 0.317 e. The van der Waals surface area contributed by atoms with Gasteiger partial charge in [-0.3, -0.25) is 4.98 Å². The Balaban J connectivity index is 1.26. The Morgan fingerprint density at radius 3 is 2.96 bits per heavy atom. The summed E-state index contributed by atoms with van der Waals surface area (Å²) < 4.78 is 12.0. The minimum atomic E-state index is 0.0966. The van der Waals surface area contributed by atoms with Gasteiger partial charge in [-0.2, -0.15) is 0 Å². The highest BCUT2D eigenvalue weighted by Crippen LogP contribution is 2.32. The molecule has 0 aromatic carbocycles. The summed E-state index contributed by atoms with van der Waals surface area (Å²) in [5.74, 6) is 0.775. The van der Waals surface area contributed by atoms with Crippen LogP contribution in [0.2, 0.25) is 0 Å². The van der Waals surface area contributed by atoms with Gasteiger partial charge in [-0.05, 0) is 44.2 Å². The van der Waals surface area contributed by atoms with E-state index in [1.807, 2.05) is 17.0 Å². The summed E-state index contributed by atoms with van der Waals surface area (Å²) in [6, 6.07) is 4.47. The summed E-state index contributed by atoms with van der Waals surface area (Å²) in [4.78, 5) is 18.6. The third-order valence-corrected chi connectivity index (χ3v) is 5.65. The van der Waals surface area contributed by atoms with E-state index in [2.05, 4.69) is 10.3 Å². The molecule has 3 heterocycles. The number of fused-ring (bicyclic) bond motifs is 1. The van der Waals surface area contributed by atoms with Crippen molar-refractivity contribution in [1.82, 2.24) is 15.2 Å². The number of hydrogen-bond acceptors (Lipinski definition) is 4. The number of ether oxygens (including phenoxy) is 2. The first-order valence-corrected chi connectivity index (χ1v) is 9.55. The highest BCUT2D eigenvalue weighted by Gasteiger charge is 2.42. The lowest BCUT2D eigenvalue weighted by Crippen LogP contribution is -2.50. The summed E-state index contributed by atoms with van der Waals surface area (Å²) >= 11 is 0. The summed E-state index contributed by atoms with van der Waals surface area (Å²) in [6.07, 6.45) is 11.2. The highest BCUT2D eigenvalue weighted by molar-refractivity contribution is 5.75. The first kappa shape index (κ1) is 16.6. The van der Waals surface area contributed by atoms with Crippen molar-refractivity contribution >= 4 is 6.03 Å². The number of likely N-dealkylation sites (tertiary alicyclic amines) is 1. The van der Waals surface area contributed by atoms with Gasteiger partial charge in [0.1, 0.15) is 12.4 Å². The van der Waals surface area contributed by atoms with E-state index in [0.717, 1.165) is 44.4 Å². The molecule has 1 saturated carbocycles. The number of nitrogens with one attached hydrogen (secondary N) is 1. The van der Waals surface area contributed by atoms with Gasteiger partial charge < -0.3 is 19.7 Å². The van der Waals surface area contributed by atoms with Gasteiger partial charge in [0.15, 0.2) is 0 Å². The van der Waals surface area contributed by atoms with Crippen molar-refractivity contribution in [3.05, 3.63) is 24.5 Å². The Morgan fingerprint density at radius 2 is 2.16 bits per heavy atom. The summed E-state index contributed by atoms with van der Waals surface area (Å²) in [5.41, 5.74) is 0. The van der Waals surface area contributed by atoms with E-state index in [0.29, 0.717) is 12.6 Å². The summed E-state index contributed by atoms with van der Waals surface area (Å²) in [5, 5.41) is 3.21. The molecule has 1 aliphatic carbocycles. The number of nitrogens with zero attached hydrogens (tertiary/aromatic N) is 2. The maximum Gasteiger partial charge on any atom is 0.317 e. The Hall–Kier alpha value is -1.82. The second-order valence-corrected chi connectivity index (χ2v) is 7.35. The zero-order valence-electron chi connectivity index (χ0n) is 14.6. The Morgan fingerprint density at radius 1 is 1.28 bits per heavy atom. The van der Waals surface area contributed by atoms with Gasteiger partial charge in [-0.25, -0.2) is 4.79 Å². The molecule has 2 amide bonds. The monoisotopic (exact) mass is 345 g/mol. The largest absolute Gasteiger partial charge is 0.489 e. The fraction of sp³-hybridized carbons (Fsp3) is 0.684. The van der Waals surface area contributed by atoms with Crippen molar-refractivity contribution in [2.75, 3.05) is 13.2 Å². The van der Waals surface area contributed by atoms with E-state index in [-0.39, 0.29) is 24.3 Å². The maximum absolute atomic E-state index is 12.6. The third-order valence-electron chi connectivity index (χ3n) is 5.65. The number of hydrogen-bond donors (Lipinski definition) is 1. The molecule has 3 fully saturated rings. The van der Waals surface area contributed by atoms with Crippen LogP contribution in [-0.4, -0.2) is 53.4 Å². The minimum absolute atomic E-state index is 0.0966. The van der Waals surface area contributed by atoms with Crippen molar-refractivity contribution in [2.24, 2.45) is 0 Å². The fourth-order valence-corrected chi connectivity index (χ4v) is 4.32. The maximum atomic E-state index is 12.6. The van der Waals surface area contributed by atoms with Gasteiger partial charge in [0.05, 0.1) is 24.4 Å². The lowest BCUT2D eigenvalue weighted by atomic mass is 9.99. The van der Waals surface area contributed by atoms with Crippen LogP contribution in [0.5, 0.6) is 5.75 Å². The van der Waals surface area contributed by atoms with E-state index in [9.17, 15) is 4.79 Å². The van der Waals surface area contributed by atoms with Crippen LogP contribution in [-0.2, 0) is 4.74 Å². The number of carbonyl (C=O) groups excluding carboxylic acids is 1. The molecule has 1 aromatic rings. The lowest BCUT2D eigenvalue weighted by molar-refractivity contribution is -0.0794. The molecule has 0 unspecified atom stereocenters. The van der Waals surface area contributed by atoms with Crippen LogP contribution >= 0.6 is 0 Å². The quantitative estimate of drug-likeness (QED) is 0.911. The third kappa shape index (κ3) is 3.89. The van der Waals surface area contributed by atoms with Gasteiger partial charge in [0.2, 0.25) is 0 Å². The second-order valence-electron chi connectivity index (χ2n) is 7.35. The molecule has 1 aromatic heterocycles. The van der Waals surface area contributed by atoms with Crippen LogP contribution < -0.4 is 10.1 Å². The fourth-order valence-electron chi connectivity index (χ4n) is 4.32. The van der Waals surface area contributed by atoms with Gasteiger partial charge >= 0.3 is 6.03 Å². The van der Waals surface area contributed by atoms with Crippen molar-refractivity contribution in [1.29, 1.82) is 0 Å². The molecule has 0 radical (unpaired) electrons. The number of aromatic nitrogens is 1. The molecular weight excluding hydrogens is 318 g/mol.